The highest BCUT2D eigenvalue weighted by molar-refractivity contribution is 9.10. The summed E-state index contributed by atoms with van der Waals surface area (Å²) in [5.74, 6) is 1.14. The van der Waals surface area contributed by atoms with Crippen molar-refractivity contribution >= 4 is 38.6 Å². The molecule has 0 atom stereocenters. The summed E-state index contributed by atoms with van der Waals surface area (Å²) in [6.07, 6.45) is 0. The van der Waals surface area contributed by atoms with Crippen LogP contribution in [-0.4, -0.2) is 34.6 Å². The molecular weight excluding hydrogens is 436 g/mol. The predicted octanol–water partition coefficient (Wildman–Crippen LogP) is 4.21. The number of halogens is 1. The van der Waals surface area contributed by atoms with Gasteiger partial charge in [-0.05, 0) is 66.7 Å². The molecule has 1 aromatic heterocycles. The lowest BCUT2D eigenvalue weighted by Crippen LogP contribution is -2.20. The van der Waals surface area contributed by atoms with E-state index in [1.165, 1.54) is 0 Å². The van der Waals surface area contributed by atoms with Gasteiger partial charge in [-0.2, -0.15) is 4.80 Å². The van der Waals surface area contributed by atoms with Crippen LogP contribution < -0.4 is 14.8 Å². The van der Waals surface area contributed by atoms with E-state index in [0.29, 0.717) is 17.0 Å². The Bertz CT molecular complexity index is 1140. The van der Waals surface area contributed by atoms with Gasteiger partial charge in [-0.1, -0.05) is 15.9 Å². The quantitative estimate of drug-likeness (QED) is 0.473. The third-order valence-corrected chi connectivity index (χ3v) is 4.68. The van der Waals surface area contributed by atoms with Crippen LogP contribution in [0.1, 0.15) is 0 Å². The van der Waals surface area contributed by atoms with Gasteiger partial charge in [0.1, 0.15) is 22.5 Å². The number of ether oxygens (including phenoxy) is 2. The Labute approximate surface area is 175 Å². The highest BCUT2D eigenvalue weighted by Gasteiger charge is 2.09. The fourth-order valence-corrected chi connectivity index (χ4v) is 2.96. The van der Waals surface area contributed by atoms with E-state index in [9.17, 15) is 4.79 Å². The Balaban J connectivity index is 1.44. The summed E-state index contributed by atoms with van der Waals surface area (Å²) in [4.78, 5) is 13.7. The van der Waals surface area contributed by atoms with Crippen molar-refractivity contribution in [3.05, 3.63) is 71.2 Å². The number of carbonyl (C=O) groups is 1. The fraction of sp³-hybridized carbons (Fsp3) is 0.0952. The Morgan fingerprint density at radius 2 is 1.66 bits per heavy atom. The van der Waals surface area contributed by atoms with Crippen LogP contribution in [0.2, 0.25) is 0 Å². The molecule has 146 valence electrons. The first-order chi connectivity index (χ1) is 14.1. The van der Waals surface area contributed by atoms with Gasteiger partial charge in [-0.3, -0.25) is 4.79 Å². The number of methoxy groups -OCH3 is 1. The van der Waals surface area contributed by atoms with Crippen LogP contribution in [0.3, 0.4) is 0 Å². The third kappa shape index (κ3) is 4.55. The first-order valence-electron chi connectivity index (χ1n) is 8.80. The van der Waals surface area contributed by atoms with Crippen molar-refractivity contribution in [2.24, 2.45) is 0 Å². The molecule has 0 radical (unpaired) electrons. The van der Waals surface area contributed by atoms with Crippen molar-refractivity contribution in [3.8, 4) is 17.2 Å². The maximum atomic E-state index is 12.2. The second-order valence-electron chi connectivity index (χ2n) is 6.18. The first-order valence-corrected chi connectivity index (χ1v) is 9.60. The maximum absolute atomic E-state index is 12.2. The molecule has 0 saturated carbocycles. The second kappa shape index (κ2) is 8.32. The van der Waals surface area contributed by atoms with E-state index in [-0.39, 0.29) is 12.5 Å². The molecule has 29 heavy (non-hydrogen) atoms. The largest absolute Gasteiger partial charge is 0.497 e. The number of nitrogens with zero attached hydrogens (tertiary/aromatic N) is 3. The van der Waals surface area contributed by atoms with E-state index in [0.717, 1.165) is 21.4 Å². The normalized spacial score (nSPS) is 10.7. The Hall–Kier alpha value is -3.39. The number of nitrogens with one attached hydrogen (secondary N) is 1. The van der Waals surface area contributed by atoms with Crippen molar-refractivity contribution < 1.29 is 14.3 Å². The standard InChI is InChI=1S/C21H17BrN4O3/c1-28-17-9-5-16(6-10-17)26-24-19-11-4-15(12-20(19)25-26)23-21(27)13-29-18-7-2-14(22)3-8-18/h2-12H,13H2,1H3,(H,23,27). The van der Waals surface area contributed by atoms with Gasteiger partial charge in [-0.25, -0.2) is 0 Å². The molecule has 0 spiro atoms. The van der Waals surface area contributed by atoms with Crippen LogP contribution in [-0.2, 0) is 4.79 Å². The SMILES string of the molecule is COc1ccc(-n2nc3ccc(NC(=O)COc4ccc(Br)cc4)cc3n2)cc1. The molecular formula is C21H17BrN4O3. The molecule has 3 aromatic carbocycles. The zero-order chi connectivity index (χ0) is 20.2. The Kier molecular flexibility index (Phi) is 5.44. The lowest BCUT2D eigenvalue weighted by atomic mass is 10.3. The zero-order valence-corrected chi connectivity index (χ0v) is 17.1. The summed E-state index contributed by atoms with van der Waals surface area (Å²) >= 11 is 3.36. The summed E-state index contributed by atoms with van der Waals surface area (Å²) in [6.45, 7) is -0.0851. The van der Waals surface area contributed by atoms with Gasteiger partial charge in [-0.15, -0.1) is 10.2 Å². The van der Waals surface area contributed by atoms with E-state index in [2.05, 4.69) is 31.4 Å². The first kappa shape index (κ1) is 18.9. The molecule has 1 N–H and O–H groups in total. The molecule has 0 saturated heterocycles. The average Bonchev–Trinajstić information content (AvgIpc) is 3.17. The van der Waals surface area contributed by atoms with Crippen LogP contribution >= 0.6 is 15.9 Å². The molecule has 4 rings (SSSR count). The minimum atomic E-state index is -0.255. The molecule has 0 fully saturated rings. The topological polar surface area (TPSA) is 78.3 Å². The molecule has 1 heterocycles. The predicted molar refractivity (Wildman–Crippen MR) is 114 cm³/mol. The van der Waals surface area contributed by atoms with Crippen LogP contribution in [0.15, 0.2) is 71.2 Å². The zero-order valence-electron chi connectivity index (χ0n) is 15.5. The molecule has 0 unspecified atom stereocenters. The monoisotopic (exact) mass is 452 g/mol. The number of rotatable bonds is 6. The minimum absolute atomic E-state index is 0.0851. The molecule has 8 heteroatoms. The number of hydrogen-bond acceptors (Lipinski definition) is 5. The fourth-order valence-electron chi connectivity index (χ4n) is 2.70. The van der Waals surface area contributed by atoms with Gasteiger partial charge in [0.15, 0.2) is 6.61 Å². The van der Waals surface area contributed by atoms with Crippen LogP contribution in [0.4, 0.5) is 5.69 Å². The van der Waals surface area contributed by atoms with Gasteiger partial charge in [0.05, 0.1) is 12.8 Å². The number of benzene rings is 3. The molecule has 0 bridgehead atoms. The molecule has 7 nitrogen and oxygen atoms in total. The minimum Gasteiger partial charge on any atom is -0.497 e. The van der Waals surface area contributed by atoms with Crippen LogP contribution in [0.5, 0.6) is 11.5 Å². The molecule has 0 aliphatic rings. The van der Waals surface area contributed by atoms with E-state index in [1.54, 1.807) is 36.2 Å². The molecule has 0 aliphatic carbocycles. The summed E-state index contributed by atoms with van der Waals surface area (Å²) in [5.41, 5.74) is 2.84. The van der Waals surface area contributed by atoms with Gasteiger partial charge >= 0.3 is 0 Å². The van der Waals surface area contributed by atoms with E-state index >= 15 is 0 Å². The maximum Gasteiger partial charge on any atom is 0.262 e. The van der Waals surface area contributed by atoms with Crippen molar-refractivity contribution in [2.75, 3.05) is 19.0 Å². The molecule has 1 amide bonds. The van der Waals surface area contributed by atoms with Crippen molar-refractivity contribution in [3.63, 3.8) is 0 Å². The van der Waals surface area contributed by atoms with Crippen LogP contribution in [0, 0.1) is 0 Å². The lowest BCUT2D eigenvalue weighted by molar-refractivity contribution is -0.118. The second-order valence-corrected chi connectivity index (χ2v) is 7.10. The summed E-state index contributed by atoms with van der Waals surface area (Å²) in [6, 6.07) is 20.1. The third-order valence-electron chi connectivity index (χ3n) is 4.15. The van der Waals surface area contributed by atoms with Crippen molar-refractivity contribution in [1.29, 1.82) is 0 Å². The summed E-state index contributed by atoms with van der Waals surface area (Å²) < 4.78 is 11.6. The number of carbonyl (C=O) groups excluding carboxylic acids is 1. The molecule has 0 aliphatic heterocycles. The summed E-state index contributed by atoms with van der Waals surface area (Å²) in [7, 11) is 1.62. The van der Waals surface area contributed by atoms with Gasteiger partial charge in [0, 0.05) is 10.2 Å². The molecule has 4 aromatic rings. The Morgan fingerprint density at radius 3 is 2.38 bits per heavy atom. The highest BCUT2D eigenvalue weighted by atomic mass is 79.9. The summed E-state index contributed by atoms with van der Waals surface area (Å²) in [5, 5.41) is 11.8. The number of anilines is 1. The van der Waals surface area contributed by atoms with Crippen molar-refractivity contribution in [1.82, 2.24) is 15.0 Å². The number of aromatic nitrogens is 3. The average molecular weight is 453 g/mol. The smallest absolute Gasteiger partial charge is 0.262 e. The van der Waals surface area contributed by atoms with E-state index in [4.69, 9.17) is 9.47 Å². The van der Waals surface area contributed by atoms with Gasteiger partial charge in [0.25, 0.3) is 5.91 Å². The lowest BCUT2D eigenvalue weighted by Gasteiger charge is -2.07. The van der Waals surface area contributed by atoms with E-state index in [1.807, 2.05) is 42.5 Å². The number of amides is 1. The van der Waals surface area contributed by atoms with Gasteiger partial charge in [0.2, 0.25) is 0 Å². The van der Waals surface area contributed by atoms with Crippen LogP contribution in [0.25, 0.3) is 16.7 Å². The van der Waals surface area contributed by atoms with E-state index < -0.39 is 0 Å². The number of fused-ring (bicyclic) bond motifs is 1. The number of hydrogen-bond donors (Lipinski definition) is 1. The van der Waals surface area contributed by atoms with Crippen molar-refractivity contribution in [2.45, 2.75) is 0 Å². The van der Waals surface area contributed by atoms with Gasteiger partial charge < -0.3 is 14.8 Å². The Morgan fingerprint density at radius 1 is 0.966 bits per heavy atom. The highest BCUT2D eigenvalue weighted by Crippen LogP contribution is 2.20.